The van der Waals surface area contributed by atoms with Crippen LogP contribution in [0.2, 0.25) is 5.02 Å². The van der Waals surface area contributed by atoms with Crippen LogP contribution in [-0.2, 0) is 0 Å². The van der Waals surface area contributed by atoms with E-state index in [2.05, 4.69) is 26.1 Å². The van der Waals surface area contributed by atoms with Gasteiger partial charge in [0.05, 0.1) is 13.7 Å². The average molecular weight is 291 g/mol. The summed E-state index contributed by atoms with van der Waals surface area (Å²) >= 11 is 10.8. The SMILES string of the molecule is Nc1nnc(-c2ccc(Br)s2)cc1Cl. The molecule has 3 nitrogen and oxygen atoms in total. The number of hydrogen-bond donors (Lipinski definition) is 1. The first kappa shape index (κ1) is 9.89. The molecule has 0 spiro atoms. The Hall–Kier alpha value is -0.650. The third kappa shape index (κ3) is 1.89. The van der Waals surface area contributed by atoms with Crippen molar-refractivity contribution in [3.05, 3.63) is 27.0 Å². The van der Waals surface area contributed by atoms with Crippen molar-refractivity contribution < 1.29 is 0 Å². The molecule has 2 aromatic rings. The molecule has 14 heavy (non-hydrogen) atoms. The fraction of sp³-hybridized carbons (Fsp3) is 0. The van der Waals surface area contributed by atoms with E-state index in [1.165, 1.54) is 0 Å². The second-order valence-corrected chi connectivity index (χ2v) is 5.44. The second-order valence-electron chi connectivity index (χ2n) is 2.57. The maximum Gasteiger partial charge on any atom is 0.164 e. The van der Waals surface area contributed by atoms with E-state index in [4.69, 9.17) is 17.3 Å². The van der Waals surface area contributed by atoms with Crippen LogP contribution in [0.3, 0.4) is 0 Å². The zero-order valence-corrected chi connectivity index (χ0v) is 10.0. The Morgan fingerprint density at radius 2 is 2.14 bits per heavy atom. The molecule has 0 saturated carbocycles. The number of anilines is 1. The largest absolute Gasteiger partial charge is 0.381 e. The molecule has 0 amide bonds. The highest BCUT2D eigenvalue weighted by Crippen LogP contribution is 2.31. The van der Waals surface area contributed by atoms with Crippen molar-refractivity contribution in [2.45, 2.75) is 0 Å². The van der Waals surface area contributed by atoms with Gasteiger partial charge in [0.25, 0.3) is 0 Å². The maximum absolute atomic E-state index is 5.84. The standard InChI is InChI=1S/C8H5BrClN3S/c9-7-2-1-6(14-7)5-3-4(10)8(11)13-12-5/h1-3H,(H2,11,13). The zero-order chi connectivity index (χ0) is 10.1. The van der Waals surface area contributed by atoms with Gasteiger partial charge in [0, 0.05) is 0 Å². The van der Waals surface area contributed by atoms with E-state index in [0.29, 0.717) is 5.02 Å². The molecule has 2 N–H and O–H groups in total. The zero-order valence-electron chi connectivity index (χ0n) is 6.87. The fourth-order valence-electron chi connectivity index (χ4n) is 0.951. The van der Waals surface area contributed by atoms with Gasteiger partial charge in [-0.25, -0.2) is 0 Å². The number of hydrogen-bond acceptors (Lipinski definition) is 4. The van der Waals surface area contributed by atoms with E-state index in [0.717, 1.165) is 14.4 Å². The summed E-state index contributed by atoms with van der Waals surface area (Å²) in [5, 5.41) is 8.13. The molecule has 6 heteroatoms. The van der Waals surface area contributed by atoms with Gasteiger partial charge >= 0.3 is 0 Å². The minimum absolute atomic E-state index is 0.256. The molecule has 0 radical (unpaired) electrons. The van der Waals surface area contributed by atoms with E-state index >= 15 is 0 Å². The highest BCUT2D eigenvalue weighted by atomic mass is 79.9. The van der Waals surface area contributed by atoms with Crippen molar-refractivity contribution in [3.8, 4) is 10.6 Å². The third-order valence-corrected chi connectivity index (χ3v) is 3.55. The normalized spacial score (nSPS) is 10.4. The van der Waals surface area contributed by atoms with Crippen LogP contribution in [-0.4, -0.2) is 10.2 Å². The first-order valence-electron chi connectivity index (χ1n) is 3.71. The molecule has 2 aromatic heterocycles. The number of nitrogens with zero attached hydrogens (tertiary/aromatic N) is 2. The summed E-state index contributed by atoms with van der Waals surface area (Å²) in [5.74, 6) is 0.256. The molecular formula is C8H5BrClN3S. The molecule has 0 unspecified atom stereocenters. The van der Waals surface area contributed by atoms with E-state index in [1.807, 2.05) is 12.1 Å². The molecule has 0 atom stereocenters. The van der Waals surface area contributed by atoms with Crippen LogP contribution >= 0.6 is 38.9 Å². The van der Waals surface area contributed by atoms with Gasteiger partial charge in [-0.15, -0.1) is 21.5 Å². The molecule has 2 rings (SSSR count). The highest BCUT2D eigenvalue weighted by Gasteiger charge is 2.06. The topological polar surface area (TPSA) is 51.8 Å². The molecule has 0 aliphatic carbocycles. The van der Waals surface area contributed by atoms with Gasteiger partial charge in [-0.05, 0) is 34.1 Å². The summed E-state index contributed by atoms with van der Waals surface area (Å²) in [6, 6.07) is 5.61. The van der Waals surface area contributed by atoms with E-state index in [9.17, 15) is 0 Å². The number of halogens is 2. The first-order chi connectivity index (χ1) is 6.66. The van der Waals surface area contributed by atoms with Gasteiger partial charge < -0.3 is 5.73 Å². The van der Waals surface area contributed by atoms with Gasteiger partial charge in [-0.2, -0.15) is 0 Å². The lowest BCUT2D eigenvalue weighted by atomic mass is 10.3. The van der Waals surface area contributed by atoms with Gasteiger partial charge in [0.15, 0.2) is 5.82 Å². The van der Waals surface area contributed by atoms with Crippen LogP contribution < -0.4 is 5.73 Å². The Balaban J connectivity index is 2.47. The molecule has 0 fully saturated rings. The molecule has 0 aliphatic heterocycles. The van der Waals surface area contributed by atoms with E-state index in [1.54, 1.807) is 17.4 Å². The van der Waals surface area contributed by atoms with Crippen LogP contribution in [0.1, 0.15) is 0 Å². The lowest BCUT2D eigenvalue weighted by Crippen LogP contribution is -1.94. The molecule has 0 aromatic carbocycles. The Morgan fingerprint density at radius 1 is 1.36 bits per heavy atom. The van der Waals surface area contributed by atoms with Crippen molar-refractivity contribution in [1.29, 1.82) is 0 Å². The minimum Gasteiger partial charge on any atom is -0.381 e. The fourth-order valence-corrected chi connectivity index (χ4v) is 2.43. The molecular weight excluding hydrogens is 286 g/mol. The van der Waals surface area contributed by atoms with Crippen LogP contribution in [0.25, 0.3) is 10.6 Å². The van der Waals surface area contributed by atoms with Crippen molar-refractivity contribution in [3.63, 3.8) is 0 Å². The van der Waals surface area contributed by atoms with E-state index in [-0.39, 0.29) is 5.82 Å². The summed E-state index contributed by atoms with van der Waals surface area (Å²) in [6.45, 7) is 0. The maximum atomic E-state index is 5.84. The Kier molecular flexibility index (Phi) is 2.71. The van der Waals surface area contributed by atoms with Crippen molar-refractivity contribution in [1.82, 2.24) is 10.2 Å². The van der Waals surface area contributed by atoms with Gasteiger partial charge in [-0.1, -0.05) is 11.6 Å². The third-order valence-electron chi connectivity index (χ3n) is 1.60. The van der Waals surface area contributed by atoms with Crippen molar-refractivity contribution >= 4 is 44.7 Å². The highest BCUT2D eigenvalue weighted by molar-refractivity contribution is 9.11. The van der Waals surface area contributed by atoms with Crippen molar-refractivity contribution in [2.24, 2.45) is 0 Å². The summed E-state index contributed by atoms with van der Waals surface area (Å²) in [4.78, 5) is 1.01. The molecule has 0 saturated heterocycles. The van der Waals surface area contributed by atoms with E-state index < -0.39 is 0 Å². The monoisotopic (exact) mass is 289 g/mol. The van der Waals surface area contributed by atoms with Gasteiger partial charge in [-0.3, -0.25) is 0 Å². The van der Waals surface area contributed by atoms with Gasteiger partial charge in [0.1, 0.15) is 5.69 Å². The predicted molar refractivity (Wildman–Crippen MR) is 62.5 cm³/mol. The predicted octanol–water partition coefficient (Wildman–Crippen LogP) is 3.20. The van der Waals surface area contributed by atoms with Crippen LogP contribution in [0.15, 0.2) is 22.0 Å². The summed E-state index contributed by atoms with van der Waals surface area (Å²) < 4.78 is 1.04. The average Bonchev–Trinajstić information content (AvgIpc) is 2.57. The Morgan fingerprint density at radius 3 is 2.71 bits per heavy atom. The number of aromatic nitrogens is 2. The summed E-state index contributed by atoms with van der Waals surface area (Å²) in [7, 11) is 0. The second kappa shape index (κ2) is 3.84. The number of rotatable bonds is 1. The molecule has 0 bridgehead atoms. The summed E-state index contributed by atoms with van der Waals surface area (Å²) in [5.41, 5.74) is 6.20. The lowest BCUT2D eigenvalue weighted by Gasteiger charge is -1.98. The van der Waals surface area contributed by atoms with Crippen LogP contribution in [0, 0.1) is 0 Å². The smallest absolute Gasteiger partial charge is 0.164 e. The number of thiophene rings is 1. The Bertz CT molecular complexity index is 471. The minimum atomic E-state index is 0.256. The lowest BCUT2D eigenvalue weighted by molar-refractivity contribution is 1.05. The Labute approximate surface area is 98.0 Å². The molecule has 72 valence electrons. The van der Waals surface area contributed by atoms with Crippen LogP contribution in [0.5, 0.6) is 0 Å². The van der Waals surface area contributed by atoms with Crippen molar-refractivity contribution in [2.75, 3.05) is 5.73 Å². The summed E-state index contributed by atoms with van der Waals surface area (Å²) in [6.07, 6.45) is 0. The molecule has 2 heterocycles. The number of nitrogens with two attached hydrogens (primary N) is 1. The number of nitrogen functional groups attached to an aromatic ring is 1. The quantitative estimate of drug-likeness (QED) is 0.877. The molecule has 0 aliphatic rings. The van der Waals surface area contributed by atoms with Crippen LogP contribution in [0.4, 0.5) is 5.82 Å². The van der Waals surface area contributed by atoms with Gasteiger partial charge in [0.2, 0.25) is 0 Å². The first-order valence-corrected chi connectivity index (χ1v) is 5.70.